The van der Waals surface area contributed by atoms with Crippen LogP contribution in [0.3, 0.4) is 0 Å². The van der Waals surface area contributed by atoms with Crippen LogP contribution in [0.4, 0.5) is 18.9 Å². The molecular weight excluding hydrogens is 391 g/mol. The number of aryl methyl sites for hydroxylation is 2. The summed E-state index contributed by atoms with van der Waals surface area (Å²) in [6, 6.07) is 2.54. The molecule has 0 bridgehead atoms. The van der Waals surface area contributed by atoms with Crippen LogP contribution in [0, 0.1) is 13.8 Å². The van der Waals surface area contributed by atoms with Gasteiger partial charge in [-0.25, -0.2) is 4.98 Å². The Bertz CT molecular complexity index is 1090. The van der Waals surface area contributed by atoms with E-state index in [0.717, 1.165) is 23.2 Å². The number of halogens is 4. The number of fused-ring (bicyclic) bond motifs is 1. The minimum Gasteiger partial charge on any atom is -0.320 e. The predicted octanol–water partition coefficient (Wildman–Crippen LogP) is 4.30. The van der Waals surface area contributed by atoms with Crippen molar-refractivity contribution in [2.24, 2.45) is 0 Å². The quantitative estimate of drug-likeness (QED) is 0.696. The van der Waals surface area contributed by atoms with Crippen LogP contribution in [0.25, 0.3) is 4.96 Å². The molecule has 2 aromatic heterocycles. The molecule has 0 fully saturated rings. The Morgan fingerprint density at radius 1 is 1.31 bits per heavy atom. The predicted molar refractivity (Wildman–Crippen MR) is 93.2 cm³/mol. The summed E-state index contributed by atoms with van der Waals surface area (Å²) in [5.74, 6) is -0.888. The van der Waals surface area contributed by atoms with Crippen LogP contribution in [0.2, 0.25) is 5.02 Å². The highest BCUT2D eigenvalue weighted by atomic mass is 35.5. The number of nitrogens with zero attached hydrogens (tertiary/aromatic N) is 2. The molecule has 5 nitrogen and oxygen atoms in total. The van der Waals surface area contributed by atoms with Gasteiger partial charge in [0.05, 0.1) is 16.3 Å². The normalized spacial score (nSPS) is 11.8. The van der Waals surface area contributed by atoms with E-state index in [1.807, 2.05) is 6.92 Å². The number of carbonyl (C=O) groups excluding carboxylic acids is 1. The fourth-order valence-corrected chi connectivity index (χ4v) is 3.41. The summed E-state index contributed by atoms with van der Waals surface area (Å²) in [7, 11) is 0. The Morgan fingerprint density at radius 3 is 2.65 bits per heavy atom. The number of amides is 1. The molecule has 1 amide bonds. The molecule has 0 aliphatic heterocycles. The summed E-state index contributed by atoms with van der Waals surface area (Å²) in [6.45, 7) is 3.53. The first kappa shape index (κ1) is 18.4. The van der Waals surface area contributed by atoms with Crippen molar-refractivity contribution >= 4 is 39.5 Å². The van der Waals surface area contributed by atoms with E-state index >= 15 is 0 Å². The van der Waals surface area contributed by atoms with Crippen molar-refractivity contribution in [3.8, 4) is 0 Å². The number of rotatable bonds is 2. The van der Waals surface area contributed by atoms with Crippen LogP contribution in [-0.2, 0) is 6.18 Å². The number of alkyl halides is 3. The van der Waals surface area contributed by atoms with Crippen molar-refractivity contribution in [2.45, 2.75) is 20.0 Å². The smallest absolute Gasteiger partial charge is 0.320 e. The van der Waals surface area contributed by atoms with Crippen LogP contribution < -0.4 is 10.9 Å². The lowest BCUT2D eigenvalue weighted by molar-refractivity contribution is -0.137. The zero-order chi connectivity index (χ0) is 19.2. The number of thiazole rings is 1. The summed E-state index contributed by atoms with van der Waals surface area (Å²) < 4.78 is 39.8. The molecule has 0 aliphatic carbocycles. The summed E-state index contributed by atoms with van der Waals surface area (Å²) in [6.07, 6.45) is -3.49. The third kappa shape index (κ3) is 3.19. The number of hydrogen-bond acceptors (Lipinski definition) is 4. The first-order valence-corrected chi connectivity index (χ1v) is 8.45. The van der Waals surface area contributed by atoms with Crippen molar-refractivity contribution in [2.75, 3.05) is 5.32 Å². The fraction of sp³-hybridized carbons (Fsp3) is 0.188. The fourth-order valence-electron chi connectivity index (χ4n) is 2.32. The van der Waals surface area contributed by atoms with E-state index in [0.29, 0.717) is 16.7 Å². The number of benzene rings is 1. The van der Waals surface area contributed by atoms with E-state index in [4.69, 9.17) is 11.6 Å². The van der Waals surface area contributed by atoms with Crippen molar-refractivity contribution in [3.05, 3.63) is 61.5 Å². The maximum absolute atomic E-state index is 12.8. The number of carbonyl (C=O) groups is 1. The van der Waals surface area contributed by atoms with E-state index in [1.54, 1.807) is 6.92 Å². The second-order valence-corrected chi connectivity index (χ2v) is 7.07. The average molecular weight is 402 g/mol. The molecule has 0 saturated heterocycles. The largest absolute Gasteiger partial charge is 0.416 e. The molecule has 3 rings (SSSR count). The topological polar surface area (TPSA) is 63.5 Å². The van der Waals surface area contributed by atoms with Gasteiger partial charge in [-0.1, -0.05) is 11.6 Å². The summed E-state index contributed by atoms with van der Waals surface area (Å²) in [5.41, 5.74) is -1.45. The monoisotopic (exact) mass is 401 g/mol. The lowest BCUT2D eigenvalue weighted by Crippen LogP contribution is -2.27. The number of hydrogen-bond donors (Lipinski definition) is 1. The molecule has 1 aromatic carbocycles. The highest BCUT2D eigenvalue weighted by Gasteiger charge is 2.31. The van der Waals surface area contributed by atoms with Gasteiger partial charge in [-0.05, 0) is 32.0 Å². The standard InChI is InChI=1S/C16H11ClF3N3O2S/c1-7-8(2)26-15-21-6-10(14(25)23(7)15)13(24)22-12-5-9(16(18,19)20)3-4-11(12)17/h3-6H,1-2H3,(H,22,24). The van der Waals surface area contributed by atoms with Crippen LogP contribution in [-0.4, -0.2) is 15.3 Å². The van der Waals surface area contributed by atoms with E-state index in [9.17, 15) is 22.8 Å². The van der Waals surface area contributed by atoms with E-state index in [2.05, 4.69) is 10.3 Å². The molecule has 1 N–H and O–H groups in total. The van der Waals surface area contributed by atoms with Crippen LogP contribution in [0.5, 0.6) is 0 Å². The number of anilines is 1. The van der Waals surface area contributed by atoms with Gasteiger partial charge in [0.25, 0.3) is 11.5 Å². The average Bonchev–Trinajstić information content (AvgIpc) is 2.84. The van der Waals surface area contributed by atoms with E-state index in [-0.39, 0.29) is 16.3 Å². The van der Waals surface area contributed by atoms with Gasteiger partial charge in [-0.2, -0.15) is 13.2 Å². The molecule has 0 radical (unpaired) electrons. The zero-order valence-electron chi connectivity index (χ0n) is 13.4. The lowest BCUT2D eigenvalue weighted by Gasteiger charge is -2.11. The molecule has 10 heteroatoms. The van der Waals surface area contributed by atoms with Gasteiger partial charge in [-0.3, -0.25) is 14.0 Å². The summed E-state index contributed by atoms with van der Waals surface area (Å²) in [5, 5.41) is 2.17. The van der Waals surface area contributed by atoms with E-state index in [1.165, 1.54) is 15.7 Å². The van der Waals surface area contributed by atoms with Crippen molar-refractivity contribution in [1.29, 1.82) is 0 Å². The van der Waals surface area contributed by atoms with Gasteiger partial charge in [0.1, 0.15) is 5.56 Å². The highest BCUT2D eigenvalue weighted by molar-refractivity contribution is 7.17. The van der Waals surface area contributed by atoms with Gasteiger partial charge in [0.2, 0.25) is 0 Å². The minimum absolute atomic E-state index is 0.0805. The van der Waals surface area contributed by atoms with Gasteiger partial charge >= 0.3 is 6.18 Å². The number of nitrogens with one attached hydrogen (secondary N) is 1. The zero-order valence-corrected chi connectivity index (χ0v) is 15.0. The molecule has 0 aliphatic rings. The van der Waals surface area contributed by atoms with Crippen molar-refractivity contribution in [3.63, 3.8) is 0 Å². The third-order valence-electron chi connectivity index (χ3n) is 3.80. The van der Waals surface area contributed by atoms with Crippen LogP contribution in [0.15, 0.2) is 29.2 Å². The highest BCUT2D eigenvalue weighted by Crippen LogP contribution is 2.33. The molecule has 26 heavy (non-hydrogen) atoms. The molecule has 136 valence electrons. The Kier molecular flexibility index (Phi) is 4.53. The van der Waals surface area contributed by atoms with Crippen molar-refractivity contribution < 1.29 is 18.0 Å². The Labute approximate surface area is 154 Å². The molecule has 0 spiro atoms. The Morgan fingerprint density at radius 2 is 2.00 bits per heavy atom. The third-order valence-corrected chi connectivity index (χ3v) is 5.21. The Hall–Kier alpha value is -2.39. The maximum Gasteiger partial charge on any atom is 0.416 e. The van der Waals surface area contributed by atoms with Crippen LogP contribution in [0.1, 0.15) is 26.5 Å². The second-order valence-electron chi connectivity index (χ2n) is 5.49. The minimum atomic E-state index is -4.59. The summed E-state index contributed by atoms with van der Waals surface area (Å²) in [4.78, 5) is 30.3. The van der Waals surface area contributed by atoms with Crippen LogP contribution >= 0.6 is 22.9 Å². The molecule has 0 unspecified atom stereocenters. The second kappa shape index (κ2) is 6.40. The maximum atomic E-state index is 12.8. The molecule has 0 atom stereocenters. The first-order chi connectivity index (χ1) is 12.1. The molecule has 0 saturated carbocycles. The van der Waals surface area contributed by atoms with Crippen molar-refractivity contribution in [1.82, 2.24) is 9.38 Å². The SMILES string of the molecule is Cc1sc2ncc(C(=O)Nc3cc(C(F)(F)F)ccc3Cl)c(=O)n2c1C. The summed E-state index contributed by atoms with van der Waals surface area (Å²) >= 11 is 7.16. The van der Waals surface area contributed by atoms with E-state index < -0.39 is 23.2 Å². The molecule has 2 heterocycles. The number of aromatic nitrogens is 2. The molecule has 3 aromatic rings. The van der Waals surface area contributed by atoms with Gasteiger partial charge in [-0.15, -0.1) is 11.3 Å². The Balaban J connectivity index is 2.02. The molecular formula is C16H11ClF3N3O2S. The van der Waals surface area contributed by atoms with Gasteiger partial charge in [0.15, 0.2) is 4.96 Å². The lowest BCUT2D eigenvalue weighted by atomic mass is 10.2. The van der Waals surface area contributed by atoms with Gasteiger partial charge in [0, 0.05) is 16.8 Å². The first-order valence-electron chi connectivity index (χ1n) is 7.25. The van der Waals surface area contributed by atoms with Gasteiger partial charge < -0.3 is 5.32 Å².